The van der Waals surface area contributed by atoms with E-state index < -0.39 is 5.54 Å². The molecule has 4 nitrogen and oxygen atoms in total. The molecule has 3 rings (SSSR count). The number of hydrogen-bond acceptors (Lipinski definition) is 3. The van der Waals surface area contributed by atoms with Crippen molar-refractivity contribution in [1.82, 2.24) is 0 Å². The number of aryl methyl sites for hydroxylation is 2. The third-order valence-electron chi connectivity index (χ3n) is 3.79. The lowest BCUT2D eigenvalue weighted by Gasteiger charge is -2.23. The molecule has 0 spiro atoms. The van der Waals surface area contributed by atoms with Crippen molar-refractivity contribution in [3.63, 3.8) is 0 Å². The zero-order valence-electron chi connectivity index (χ0n) is 11.9. The van der Waals surface area contributed by atoms with Gasteiger partial charge in [-0.1, -0.05) is 35.9 Å². The van der Waals surface area contributed by atoms with E-state index in [4.69, 9.17) is 0 Å². The van der Waals surface area contributed by atoms with Crippen LogP contribution in [0.3, 0.4) is 0 Å². The van der Waals surface area contributed by atoms with Crippen LogP contribution in [-0.2, 0) is 10.3 Å². The van der Waals surface area contributed by atoms with E-state index in [0.29, 0.717) is 11.3 Å². The molecular weight excluding hydrogens is 262 g/mol. The number of nitrogens with one attached hydrogen (secondary N) is 2. The first-order valence-electron chi connectivity index (χ1n) is 6.74. The summed E-state index contributed by atoms with van der Waals surface area (Å²) in [5, 5.41) is 15.6. The molecule has 0 fully saturated rings. The van der Waals surface area contributed by atoms with E-state index in [0.717, 1.165) is 16.8 Å². The lowest BCUT2D eigenvalue weighted by Crippen LogP contribution is -2.41. The van der Waals surface area contributed by atoms with Gasteiger partial charge < -0.3 is 10.6 Å². The van der Waals surface area contributed by atoms with Crippen molar-refractivity contribution < 1.29 is 4.79 Å². The Bertz CT molecular complexity index is 776. The molecule has 0 saturated carbocycles. The van der Waals surface area contributed by atoms with Gasteiger partial charge in [-0.25, -0.2) is 0 Å². The number of fused-ring (bicyclic) bond motifs is 1. The molecule has 1 aliphatic heterocycles. The number of amides is 1. The minimum absolute atomic E-state index is 0.342. The molecule has 1 aliphatic rings. The Balaban J connectivity index is 2.10. The van der Waals surface area contributed by atoms with Crippen LogP contribution in [0.4, 0.5) is 11.4 Å². The van der Waals surface area contributed by atoms with E-state index in [9.17, 15) is 10.1 Å². The highest BCUT2D eigenvalue weighted by Crippen LogP contribution is 2.38. The summed E-state index contributed by atoms with van der Waals surface area (Å²) in [6.07, 6.45) is 0. The first kappa shape index (κ1) is 13.2. The Morgan fingerprint density at radius 3 is 2.67 bits per heavy atom. The van der Waals surface area contributed by atoms with Crippen LogP contribution >= 0.6 is 0 Å². The molecule has 1 unspecified atom stereocenters. The third-order valence-corrected chi connectivity index (χ3v) is 3.79. The number of carbonyl (C=O) groups excluding carboxylic acids is 1. The number of anilines is 2. The number of hydrogen-bond donors (Lipinski definition) is 2. The van der Waals surface area contributed by atoms with E-state index in [1.807, 2.05) is 44.2 Å². The van der Waals surface area contributed by atoms with Gasteiger partial charge in [0.1, 0.15) is 6.07 Å². The van der Waals surface area contributed by atoms with Gasteiger partial charge in [0.15, 0.2) is 0 Å². The number of benzene rings is 2. The predicted molar refractivity (Wildman–Crippen MR) is 81.9 cm³/mol. The number of nitrogens with zero attached hydrogens (tertiary/aromatic N) is 1. The van der Waals surface area contributed by atoms with E-state index in [-0.39, 0.29) is 5.91 Å². The average Bonchev–Trinajstić information content (AvgIpc) is 2.75. The standard InChI is InChI=1S/C17H15N3O/c1-11-7-8-14(12(2)9-11)20-17(10-18)13-5-3-4-6-15(13)19-16(17)21/h3-9,20H,1-2H3,(H,19,21). The molecular formula is C17H15N3O. The predicted octanol–water partition coefficient (Wildman–Crippen LogP) is 3.09. The molecule has 104 valence electrons. The summed E-state index contributed by atoms with van der Waals surface area (Å²) in [6.45, 7) is 3.97. The summed E-state index contributed by atoms with van der Waals surface area (Å²) in [5.41, 5.74) is 2.89. The Morgan fingerprint density at radius 2 is 1.95 bits per heavy atom. The summed E-state index contributed by atoms with van der Waals surface area (Å²) in [4.78, 5) is 12.4. The minimum atomic E-state index is -1.38. The zero-order valence-corrected chi connectivity index (χ0v) is 11.9. The van der Waals surface area contributed by atoms with Crippen molar-refractivity contribution in [2.75, 3.05) is 10.6 Å². The number of carbonyl (C=O) groups is 1. The van der Waals surface area contributed by atoms with Gasteiger partial charge in [0.05, 0.1) is 0 Å². The lowest BCUT2D eigenvalue weighted by atomic mass is 9.92. The highest BCUT2D eigenvalue weighted by molar-refractivity contribution is 6.10. The maximum absolute atomic E-state index is 12.4. The van der Waals surface area contributed by atoms with Crippen LogP contribution in [0.25, 0.3) is 0 Å². The minimum Gasteiger partial charge on any atom is -0.356 e. The Kier molecular flexibility index (Phi) is 2.91. The van der Waals surface area contributed by atoms with Crippen LogP contribution in [0.2, 0.25) is 0 Å². The molecule has 2 aromatic carbocycles. The van der Waals surface area contributed by atoms with Gasteiger partial charge in [-0.3, -0.25) is 4.79 Å². The summed E-state index contributed by atoms with van der Waals surface area (Å²) >= 11 is 0. The molecule has 1 amide bonds. The van der Waals surface area contributed by atoms with E-state index in [1.165, 1.54) is 0 Å². The van der Waals surface area contributed by atoms with Crippen molar-refractivity contribution in [2.45, 2.75) is 19.4 Å². The number of rotatable bonds is 2. The summed E-state index contributed by atoms with van der Waals surface area (Å²) in [7, 11) is 0. The smallest absolute Gasteiger partial charge is 0.269 e. The normalized spacial score (nSPS) is 19.6. The van der Waals surface area contributed by atoms with Gasteiger partial charge >= 0.3 is 0 Å². The van der Waals surface area contributed by atoms with Gasteiger partial charge in [0.25, 0.3) is 5.91 Å². The van der Waals surface area contributed by atoms with Crippen LogP contribution in [0.15, 0.2) is 42.5 Å². The van der Waals surface area contributed by atoms with Gasteiger partial charge in [-0.05, 0) is 31.5 Å². The Morgan fingerprint density at radius 1 is 1.19 bits per heavy atom. The van der Waals surface area contributed by atoms with Crippen molar-refractivity contribution in [1.29, 1.82) is 5.26 Å². The van der Waals surface area contributed by atoms with E-state index in [2.05, 4.69) is 16.7 Å². The second-order valence-corrected chi connectivity index (χ2v) is 5.30. The Labute approximate surface area is 123 Å². The van der Waals surface area contributed by atoms with Crippen LogP contribution in [-0.4, -0.2) is 5.91 Å². The molecule has 0 saturated heterocycles. The van der Waals surface area contributed by atoms with Gasteiger partial charge in [-0.15, -0.1) is 0 Å². The van der Waals surface area contributed by atoms with Crippen molar-refractivity contribution in [2.24, 2.45) is 0 Å². The largest absolute Gasteiger partial charge is 0.356 e. The van der Waals surface area contributed by atoms with E-state index >= 15 is 0 Å². The van der Waals surface area contributed by atoms with Crippen LogP contribution < -0.4 is 10.6 Å². The number of para-hydroxylation sites is 1. The number of nitriles is 1. The quantitative estimate of drug-likeness (QED) is 0.886. The van der Waals surface area contributed by atoms with Crippen LogP contribution in [0.5, 0.6) is 0 Å². The summed E-state index contributed by atoms with van der Waals surface area (Å²) in [6, 6.07) is 15.3. The van der Waals surface area contributed by atoms with Crippen molar-refractivity contribution in [3.8, 4) is 6.07 Å². The van der Waals surface area contributed by atoms with Crippen molar-refractivity contribution in [3.05, 3.63) is 59.2 Å². The molecule has 0 bridgehead atoms. The fourth-order valence-corrected chi connectivity index (χ4v) is 2.68. The summed E-state index contributed by atoms with van der Waals surface area (Å²) < 4.78 is 0. The maximum Gasteiger partial charge on any atom is 0.269 e. The first-order chi connectivity index (χ1) is 10.1. The maximum atomic E-state index is 12.4. The van der Waals surface area contributed by atoms with Gasteiger partial charge in [0, 0.05) is 16.9 Å². The third kappa shape index (κ3) is 1.95. The Hall–Kier alpha value is -2.80. The van der Waals surface area contributed by atoms with Gasteiger partial charge in [-0.2, -0.15) is 5.26 Å². The second kappa shape index (κ2) is 4.64. The first-order valence-corrected chi connectivity index (χ1v) is 6.74. The second-order valence-electron chi connectivity index (χ2n) is 5.30. The lowest BCUT2D eigenvalue weighted by molar-refractivity contribution is -0.118. The highest BCUT2D eigenvalue weighted by atomic mass is 16.2. The molecule has 0 aliphatic carbocycles. The molecule has 2 N–H and O–H groups in total. The molecule has 1 heterocycles. The molecule has 0 radical (unpaired) electrons. The van der Waals surface area contributed by atoms with Gasteiger partial charge in [0.2, 0.25) is 5.54 Å². The summed E-state index contributed by atoms with van der Waals surface area (Å²) in [5.74, 6) is -0.342. The molecule has 21 heavy (non-hydrogen) atoms. The fourth-order valence-electron chi connectivity index (χ4n) is 2.68. The molecule has 0 aromatic heterocycles. The van der Waals surface area contributed by atoms with Crippen LogP contribution in [0.1, 0.15) is 16.7 Å². The monoisotopic (exact) mass is 277 g/mol. The van der Waals surface area contributed by atoms with Crippen LogP contribution in [0, 0.1) is 25.2 Å². The molecule has 4 heteroatoms. The molecule has 2 aromatic rings. The highest BCUT2D eigenvalue weighted by Gasteiger charge is 2.47. The topological polar surface area (TPSA) is 64.9 Å². The average molecular weight is 277 g/mol. The zero-order chi connectivity index (χ0) is 15.0. The van der Waals surface area contributed by atoms with E-state index in [1.54, 1.807) is 12.1 Å². The SMILES string of the molecule is Cc1ccc(NC2(C#N)C(=O)Nc3ccccc32)c(C)c1. The fraction of sp³-hybridized carbons (Fsp3) is 0.176. The van der Waals surface area contributed by atoms with Crippen molar-refractivity contribution >= 4 is 17.3 Å². The molecule has 1 atom stereocenters.